The van der Waals surface area contributed by atoms with E-state index in [0.717, 1.165) is 44.0 Å². The van der Waals surface area contributed by atoms with E-state index in [0.29, 0.717) is 0 Å². The summed E-state index contributed by atoms with van der Waals surface area (Å²) >= 11 is 0. The molecule has 0 aliphatic carbocycles. The third kappa shape index (κ3) is 4.31. The molecule has 3 nitrogen and oxygen atoms in total. The minimum absolute atomic E-state index is 0.0645. The van der Waals surface area contributed by atoms with E-state index in [4.69, 9.17) is 10.5 Å². The number of rotatable bonds is 8. The molecule has 102 valence electrons. The van der Waals surface area contributed by atoms with E-state index >= 15 is 0 Å². The molecule has 0 radical (unpaired) electrons. The minimum atomic E-state index is 0.0645. The first-order chi connectivity index (χ1) is 8.72. The standard InChI is InChI=1S/C15H26N2O/c1-4-14(16)13-9-7-8-10-15(13)18-12-11-17(5-2)6-3/h7-10,14H,4-6,11-12,16H2,1-3H3/t14-/m0/s1. The molecule has 1 atom stereocenters. The minimum Gasteiger partial charge on any atom is -0.492 e. The van der Waals surface area contributed by atoms with Gasteiger partial charge in [0.25, 0.3) is 0 Å². The molecule has 0 unspecified atom stereocenters. The summed E-state index contributed by atoms with van der Waals surface area (Å²) in [5.74, 6) is 0.930. The van der Waals surface area contributed by atoms with E-state index in [1.807, 2.05) is 18.2 Å². The predicted molar refractivity (Wildman–Crippen MR) is 76.9 cm³/mol. The monoisotopic (exact) mass is 250 g/mol. The van der Waals surface area contributed by atoms with Gasteiger partial charge in [0.2, 0.25) is 0 Å². The van der Waals surface area contributed by atoms with Crippen molar-refractivity contribution in [1.82, 2.24) is 4.90 Å². The normalized spacial score (nSPS) is 12.7. The molecule has 0 spiro atoms. The summed E-state index contributed by atoms with van der Waals surface area (Å²) in [6.45, 7) is 10.2. The lowest BCUT2D eigenvalue weighted by Gasteiger charge is -2.20. The zero-order valence-corrected chi connectivity index (χ0v) is 11.9. The van der Waals surface area contributed by atoms with Gasteiger partial charge in [0.05, 0.1) is 0 Å². The van der Waals surface area contributed by atoms with Crippen LogP contribution in [0.2, 0.25) is 0 Å². The molecule has 0 aliphatic rings. The van der Waals surface area contributed by atoms with E-state index < -0.39 is 0 Å². The Kier molecular flexibility index (Phi) is 6.76. The molecular weight excluding hydrogens is 224 g/mol. The molecule has 0 saturated carbocycles. The summed E-state index contributed by atoms with van der Waals surface area (Å²) in [4.78, 5) is 2.35. The molecular formula is C15H26N2O. The highest BCUT2D eigenvalue weighted by Gasteiger charge is 2.09. The van der Waals surface area contributed by atoms with Crippen LogP contribution >= 0.6 is 0 Å². The van der Waals surface area contributed by atoms with Gasteiger partial charge in [0, 0.05) is 18.2 Å². The van der Waals surface area contributed by atoms with Gasteiger partial charge in [-0.3, -0.25) is 0 Å². The molecule has 1 aromatic rings. The van der Waals surface area contributed by atoms with E-state index in [2.05, 4.69) is 31.7 Å². The van der Waals surface area contributed by atoms with Crippen molar-refractivity contribution >= 4 is 0 Å². The van der Waals surface area contributed by atoms with E-state index in [1.165, 1.54) is 0 Å². The second-order valence-corrected chi connectivity index (χ2v) is 4.43. The third-order valence-corrected chi connectivity index (χ3v) is 3.32. The average Bonchev–Trinajstić information content (AvgIpc) is 2.43. The number of benzene rings is 1. The van der Waals surface area contributed by atoms with E-state index in [9.17, 15) is 0 Å². The summed E-state index contributed by atoms with van der Waals surface area (Å²) in [5, 5.41) is 0. The number of nitrogens with zero attached hydrogens (tertiary/aromatic N) is 1. The van der Waals surface area contributed by atoms with Crippen molar-refractivity contribution in [3.8, 4) is 5.75 Å². The van der Waals surface area contributed by atoms with Gasteiger partial charge in [-0.25, -0.2) is 0 Å². The molecule has 1 aromatic carbocycles. The first-order valence-electron chi connectivity index (χ1n) is 6.92. The Morgan fingerprint density at radius 3 is 2.44 bits per heavy atom. The van der Waals surface area contributed by atoms with Gasteiger partial charge in [-0.05, 0) is 25.6 Å². The Balaban J connectivity index is 2.56. The Morgan fingerprint density at radius 1 is 1.17 bits per heavy atom. The lowest BCUT2D eigenvalue weighted by molar-refractivity contribution is 0.221. The fourth-order valence-corrected chi connectivity index (χ4v) is 1.96. The summed E-state index contributed by atoms with van der Waals surface area (Å²) in [5.41, 5.74) is 7.20. The Labute approximate surface area is 111 Å². The second-order valence-electron chi connectivity index (χ2n) is 4.43. The number of likely N-dealkylation sites (N-methyl/N-ethyl adjacent to an activating group) is 1. The van der Waals surface area contributed by atoms with Crippen LogP contribution in [0.3, 0.4) is 0 Å². The van der Waals surface area contributed by atoms with Gasteiger partial charge in [0.15, 0.2) is 0 Å². The summed E-state index contributed by atoms with van der Waals surface area (Å²) in [7, 11) is 0. The molecule has 0 aromatic heterocycles. The molecule has 0 amide bonds. The van der Waals surface area contributed by atoms with Crippen molar-refractivity contribution in [1.29, 1.82) is 0 Å². The molecule has 3 heteroatoms. The van der Waals surface area contributed by atoms with Crippen LogP contribution in [0.15, 0.2) is 24.3 Å². The van der Waals surface area contributed by atoms with Crippen molar-refractivity contribution in [2.45, 2.75) is 33.2 Å². The smallest absolute Gasteiger partial charge is 0.124 e. The van der Waals surface area contributed by atoms with Crippen LogP contribution < -0.4 is 10.5 Å². The molecule has 0 aliphatic heterocycles. The highest BCUT2D eigenvalue weighted by molar-refractivity contribution is 5.35. The number of ether oxygens (including phenoxy) is 1. The molecule has 0 bridgehead atoms. The fraction of sp³-hybridized carbons (Fsp3) is 0.600. The molecule has 2 N–H and O–H groups in total. The first kappa shape index (κ1) is 15.0. The zero-order chi connectivity index (χ0) is 13.4. The fourth-order valence-electron chi connectivity index (χ4n) is 1.96. The van der Waals surface area contributed by atoms with Gasteiger partial charge in [0.1, 0.15) is 12.4 Å². The average molecular weight is 250 g/mol. The summed E-state index contributed by atoms with van der Waals surface area (Å²) in [6.07, 6.45) is 0.927. The number of hydrogen-bond donors (Lipinski definition) is 1. The van der Waals surface area contributed by atoms with Crippen LogP contribution in [-0.2, 0) is 0 Å². The van der Waals surface area contributed by atoms with Crippen LogP contribution in [0.5, 0.6) is 5.75 Å². The summed E-state index contributed by atoms with van der Waals surface area (Å²) in [6, 6.07) is 8.14. The van der Waals surface area contributed by atoms with Crippen LogP contribution in [0, 0.1) is 0 Å². The Bertz CT molecular complexity index is 337. The van der Waals surface area contributed by atoms with Gasteiger partial charge >= 0.3 is 0 Å². The Morgan fingerprint density at radius 2 is 1.83 bits per heavy atom. The summed E-state index contributed by atoms with van der Waals surface area (Å²) < 4.78 is 5.87. The van der Waals surface area contributed by atoms with Gasteiger partial charge in [-0.2, -0.15) is 0 Å². The van der Waals surface area contributed by atoms with Crippen molar-refractivity contribution < 1.29 is 4.74 Å². The molecule has 0 heterocycles. The predicted octanol–water partition coefficient (Wildman–Crippen LogP) is 2.82. The van der Waals surface area contributed by atoms with Crippen LogP contribution in [-0.4, -0.2) is 31.1 Å². The first-order valence-corrected chi connectivity index (χ1v) is 6.92. The lowest BCUT2D eigenvalue weighted by Crippen LogP contribution is -2.28. The molecule has 1 rings (SSSR count). The highest BCUT2D eigenvalue weighted by Crippen LogP contribution is 2.25. The van der Waals surface area contributed by atoms with Crippen molar-refractivity contribution in [2.75, 3.05) is 26.2 Å². The second kappa shape index (κ2) is 8.11. The van der Waals surface area contributed by atoms with Crippen molar-refractivity contribution in [2.24, 2.45) is 5.73 Å². The van der Waals surface area contributed by atoms with Gasteiger partial charge in [-0.1, -0.05) is 39.0 Å². The Hall–Kier alpha value is -1.06. The number of nitrogens with two attached hydrogens (primary N) is 1. The molecule has 18 heavy (non-hydrogen) atoms. The number of hydrogen-bond acceptors (Lipinski definition) is 3. The largest absolute Gasteiger partial charge is 0.492 e. The van der Waals surface area contributed by atoms with Crippen molar-refractivity contribution in [3.63, 3.8) is 0 Å². The van der Waals surface area contributed by atoms with E-state index in [1.54, 1.807) is 0 Å². The SMILES string of the molecule is CC[C@H](N)c1ccccc1OCCN(CC)CC. The van der Waals surface area contributed by atoms with Crippen LogP contribution in [0.4, 0.5) is 0 Å². The number of para-hydroxylation sites is 1. The third-order valence-electron chi connectivity index (χ3n) is 3.32. The molecule has 0 fully saturated rings. The quantitative estimate of drug-likeness (QED) is 0.771. The van der Waals surface area contributed by atoms with Crippen LogP contribution in [0.1, 0.15) is 38.8 Å². The van der Waals surface area contributed by atoms with Gasteiger partial charge < -0.3 is 15.4 Å². The lowest BCUT2D eigenvalue weighted by atomic mass is 10.0. The highest BCUT2D eigenvalue weighted by atomic mass is 16.5. The maximum absolute atomic E-state index is 6.09. The topological polar surface area (TPSA) is 38.5 Å². The van der Waals surface area contributed by atoms with E-state index in [-0.39, 0.29) is 6.04 Å². The maximum Gasteiger partial charge on any atom is 0.124 e. The zero-order valence-electron chi connectivity index (χ0n) is 11.9. The maximum atomic E-state index is 6.09. The van der Waals surface area contributed by atoms with Crippen molar-refractivity contribution in [3.05, 3.63) is 29.8 Å². The molecule has 0 saturated heterocycles. The van der Waals surface area contributed by atoms with Gasteiger partial charge in [-0.15, -0.1) is 0 Å². The van der Waals surface area contributed by atoms with Crippen LogP contribution in [0.25, 0.3) is 0 Å².